The Balaban J connectivity index is 2.00. The lowest BCUT2D eigenvalue weighted by Crippen LogP contribution is -2.75. The number of ether oxygens (including phenoxy) is 1. The fraction of sp³-hybridized carbons (Fsp3) is 1.00. The number of hydrogen-bond donors (Lipinski definition) is 0. The molecule has 3 aliphatic rings. The van der Waals surface area contributed by atoms with E-state index in [2.05, 4.69) is 4.74 Å². The average molecular weight is 260 g/mol. The summed E-state index contributed by atoms with van der Waals surface area (Å²) >= 11 is 0. The lowest BCUT2D eigenvalue weighted by Gasteiger charge is -2.56. The molecule has 7 heteroatoms. The van der Waals surface area contributed by atoms with Gasteiger partial charge in [0, 0.05) is 5.92 Å². The zero-order chi connectivity index (χ0) is 12.6. The zero-order valence-electron chi connectivity index (χ0n) is 8.61. The quantitative estimate of drug-likeness (QED) is 0.607. The van der Waals surface area contributed by atoms with E-state index >= 15 is 0 Å². The van der Waals surface area contributed by atoms with Crippen molar-refractivity contribution in [1.29, 1.82) is 0 Å². The molecule has 4 atom stereocenters. The highest BCUT2D eigenvalue weighted by atomic mass is 19.4. The van der Waals surface area contributed by atoms with Crippen molar-refractivity contribution in [3.8, 4) is 0 Å². The van der Waals surface area contributed by atoms with Gasteiger partial charge in [0.05, 0.1) is 6.10 Å². The van der Waals surface area contributed by atoms with E-state index in [1.165, 1.54) is 0 Å². The van der Waals surface area contributed by atoms with E-state index in [-0.39, 0.29) is 5.92 Å². The van der Waals surface area contributed by atoms with Crippen molar-refractivity contribution in [2.45, 2.75) is 43.3 Å². The molecule has 1 aliphatic heterocycles. The maximum Gasteiger partial charge on any atom is 0.426 e. The number of hydrogen-bond acceptors (Lipinski definition) is 1. The Morgan fingerprint density at radius 3 is 1.88 bits per heavy atom. The summed E-state index contributed by atoms with van der Waals surface area (Å²) in [5, 5.41) is 0. The number of alkyl halides is 6. The minimum absolute atomic E-state index is 0.108. The molecule has 0 N–H and O–H groups in total. The first kappa shape index (κ1) is 11.6. The smallest absolute Gasteiger partial charge is 0.354 e. The maximum absolute atomic E-state index is 12.8. The molecule has 3 rings (SSSR count). The van der Waals surface area contributed by atoms with Gasteiger partial charge in [-0.05, 0) is 31.1 Å². The predicted octanol–water partition coefficient (Wildman–Crippen LogP) is 3.29. The van der Waals surface area contributed by atoms with Crippen LogP contribution in [-0.4, -0.2) is 24.1 Å². The fourth-order valence-electron chi connectivity index (χ4n) is 3.86. The molecule has 0 aromatic carbocycles. The van der Waals surface area contributed by atoms with Crippen molar-refractivity contribution in [3.63, 3.8) is 0 Å². The van der Waals surface area contributed by atoms with Gasteiger partial charge in [-0.25, -0.2) is 0 Å². The van der Waals surface area contributed by atoms with E-state index in [0.29, 0.717) is 19.3 Å². The molecular weight excluding hydrogens is 250 g/mol. The lowest BCUT2D eigenvalue weighted by atomic mass is 9.68. The summed E-state index contributed by atoms with van der Waals surface area (Å²) in [6.45, 7) is 0. The summed E-state index contributed by atoms with van der Waals surface area (Å²) in [7, 11) is 0. The SMILES string of the molecule is FC(F)(F)C1(C(F)(F)F)OC2C1[C@@H]1CC[C@H]2C1. The van der Waals surface area contributed by atoms with Crippen molar-refractivity contribution < 1.29 is 31.1 Å². The highest BCUT2D eigenvalue weighted by Crippen LogP contribution is 2.69. The Kier molecular flexibility index (Phi) is 2.00. The van der Waals surface area contributed by atoms with Gasteiger partial charge in [-0.3, -0.25) is 0 Å². The molecule has 0 radical (unpaired) electrons. The van der Waals surface area contributed by atoms with E-state index < -0.39 is 35.9 Å². The Bertz CT molecular complexity index is 330. The molecule has 3 fully saturated rings. The van der Waals surface area contributed by atoms with Gasteiger partial charge >= 0.3 is 12.4 Å². The van der Waals surface area contributed by atoms with Crippen LogP contribution in [0.2, 0.25) is 0 Å². The van der Waals surface area contributed by atoms with E-state index in [1.807, 2.05) is 0 Å². The average Bonchev–Trinajstić information content (AvgIpc) is 2.53. The van der Waals surface area contributed by atoms with Crippen molar-refractivity contribution >= 4 is 0 Å². The lowest BCUT2D eigenvalue weighted by molar-refractivity contribution is -0.470. The van der Waals surface area contributed by atoms with Gasteiger partial charge in [-0.15, -0.1) is 0 Å². The summed E-state index contributed by atoms with van der Waals surface area (Å²) in [6, 6.07) is 0. The van der Waals surface area contributed by atoms with E-state index in [0.717, 1.165) is 0 Å². The highest BCUT2D eigenvalue weighted by Gasteiger charge is 2.86. The third-order valence-corrected chi connectivity index (χ3v) is 4.47. The third-order valence-electron chi connectivity index (χ3n) is 4.47. The number of fused-ring (bicyclic) bond motifs is 5. The van der Waals surface area contributed by atoms with Crippen molar-refractivity contribution in [1.82, 2.24) is 0 Å². The summed E-state index contributed by atoms with van der Waals surface area (Å²) < 4.78 is 81.0. The monoisotopic (exact) mass is 260 g/mol. The van der Waals surface area contributed by atoms with E-state index in [9.17, 15) is 26.3 Å². The van der Waals surface area contributed by atoms with Crippen LogP contribution < -0.4 is 0 Å². The van der Waals surface area contributed by atoms with Gasteiger partial charge in [0.1, 0.15) is 0 Å². The van der Waals surface area contributed by atoms with Crippen LogP contribution in [-0.2, 0) is 4.74 Å². The minimum atomic E-state index is -5.38. The first-order chi connectivity index (χ1) is 7.68. The molecule has 98 valence electrons. The molecule has 17 heavy (non-hydrogen) atoms. The van der Waals surface area contributed by atoms with Crippen LogP contribution in [0.4, 0.5) is 26.3 Å². The fourth-order valence-corrected chi connectivity index (χ4v) is 3.86. The molecule has 0 aromatic rings. The summed E-state index contributed by atoms with van der Waals surface area (Å²) in [6.07, 6.45) is -9.99. The topological polar surface area (TPSA) is 9.23 Å². The Morgan fingerprint density at radius 2 is 1.41 bits per heavy atom. The predicted molar refractivity (Wildman–Crippen MR) is 44.0 cm³/mol. The van der Waals surface area contributed by atoms with Gasteiger partial charge in [0.2, 0.25) is 0 Å². The zero-order valence-corrected chi connectivity index (χ0v) is 8.61. The van der Waals surface area contributed by atoms with Crippen molar-refractivity contribution in [2.75, 3.05) is 0 Å². The molecule has 1 nitrogen and oxygen atoms in total. The summed E-state index contributed by atoms with van der Waals surface area (Å²) in [5.41, 5.74) is -3.90. The van der Waals surface area contributed by atoms with Crippen LogP contribution in [0, 0.1) is 17.8 Å². The molecule has 0 aromatic heterocycles. The van der Waals surface area contributed by atoms with Gasteiger partial charge < -0.3 is 4.74 Å². The number of rotatable bonds is 0. The highest BCUT2D eigenvalue weighted by molar-refractivity contribution is 5.19. The van der Waals surface area contributed by atoms with E-state index in [1.54, 1.807) is 0 Å². The maximum atomic E-state index is 12.8. The van der Waals surface area contributed by atoms with Gasteiger partial charge in [-0.1, -0.05) is 0 Å². The molecule has 2 bridgehead atoms. The second kappa shape index (κ2) is 2.92. The third kappa shape index (κ3) is 1.16. The first-order valence-electron chi connectivity index (χ1n) is 5.50. The minimum Gasteiger partial charge on any atom is -0.354 e. The second-order valence-corrected chi connectivity index (χ2v) is 5.17. The van der Waals surface area contributed by atoms with Crippen molar-refractivity contribution in [3.05, 3.63) is 0 Å². The van der Waals surface area contributed by atoms with Crippen LogP contribution >= 0.6 is 0 Å². The standard InChI is InChI=1S/C10H10F6O/c11-9(12,13)8(10(14,15)16)6-4-1-2-5(3-4)7(6)17-8/h4-7H,1-3H2/t4-,5+,6?,7?/m1/s1. The normalized spacial score (nSPS) is 43.4. The largest absolute Gasteiger partial charge is 0.426 e. The van der Waals surface area contributed by atoms with Crippen LogP contribution in [0.1, 0.15) is 19.3 Å². The first-order valence-corrected chi connectivity index (χ1v) is 5.50. The molecule has 0 amide bonds. The number of halogens is 6. The Morgan fingerprint density at radius 1 is 0.882 bits per heavy atom. The van der Waals surface area contributed by atoms with Crippen LogP contribution in [0.5, 0.6) is 0 Å². The second-order valence-electron chi connectivity index (χ2n) is 5.17. The Labute approximate surface area is 93.1 Å². The summed E-state index contributed by atoms with van der Waals surface area (Å²) in [4.78, 5) is 0. The Hall–Kier alpha value is -0.460. The molecular formula is C10H10F6O. The molecule has 1 heterocycles. The molecule has 0 spiro atoms. The van der Waals surface area contributed by atoms with Crippen LogP contribution in [0.3, 0.4) is 0 Å². The van der Waals surface area contributed by atoms with E-state index in [4.69, 9.17) is 0 Å². The molecule has 1 saturated heterocycles. The van der Waals surface area contributed by atoms with Gasteiger partial charge in [-0.2, -0.15) is 26.3 Å². The molecule has 2 saturated carbocycles. The van der Waals surface area contributed by atoms with Crippen LogP contribution in [0.25, 0.3) is 0 Å². The molecule has 2 unspecified atom stereocenters. The van der Waals surface area contributed by atoms with Gasteiger partial charge in [0.25, 0.3) is 5.60 Å². The van der Waals surface area contributed by atoms with Gasteiger partial charge in [0.15, 0.2) is 0 Å². The van der Waals surface area contributed by atoms with Crippen LogP contribution in [0.15, 0.2) is 0 Å². The summed E-state index contributed by atoms with van der Waals surface area (Å²) in [5.74, 6) is -2.01. The van der Waals surface area contributed by atoms with Crippen molar-refractivity contribution in [2.24, 2.45) is 17.8 Å². The molecule has 2 aliphatic carbocycles.